The van der Waals surface area contributed by atoms with Crippen molar-refractivity contribution in [3.05, 3.63) is 57.2 Å². The van der Waals surface area contributed by atoms with Crippen LogP contribution in [-0.4, -0.2) is 14.5 Å². The normalized spacial score (nSPS) is 10.4. The van der Waals surface area contributed by atoms with Crippen LogP contribution in [0.2, 0.25) is 0 Å². The molecule has 0 spiro atoms. The molecule has 5 nitrogen and oxygen atoms in total. The van der Waals surface area contributed by atoms with Gasteiger partial charge in [0.1, 0.15) is 0 Å². The van der Waals surface area contributed by atoms with Crippen molar-refractivity contribution in [1.82, 2.24) is 9.30 Å². The number of aromatic nitrogens is 2. The lowest BCUT2D eigenvalue weighted by atomic mass is 10.4. The number of benzene rings is 1. The number of hydrogen-bond donors (Lipinski definition) is 1. The van der Waals surface area contributed by atoms with Gasteiger partial charge in [0.05, 0.1) is 5.03 Å². The highest BCUT2D eigenvalue weighted by Gasteiger charge is 2.08. The van der Waals surface area contributed by atoms with E-state index in [4.69, 9.17) is 5.21 Å². The average molecular weight is 250 g/mol. The van der Waals surface area contributed by atoms with Gasteiger partial charge in [-0.15, -0.1) is 0 Å². The fourth-order valence-corrected chi connectivity index (χ4v) is 2.21. The highest BCUT2D eigenvalue weighted by molar-refractivity contribution is 7.99. The molecule has 1 aromatic heterocycles. The molecule has 0 atom stereocenters. The highest BCUT2D eigenvalue weighted by atomic mass is 32.2. The molecule has 1 heterocycles. The maximum absolute atomic E-state index is 11.5. The maximum atomic E-state index is 11.5. The van der Waals surface area contributed by atoms with Crippen LogP contribution in [-0.2, 0) is 7.05 Å². The Bertz CT molecular complexity index is 646. The zero-order chi connectivity index (χ0) is 12.4. The van der Waals surface area contributed by atoms with E-state index in [2.05, 4.69) is 0 Å². The SMILES string of the molecule is Cn1c(Sc2ccccc2)cc(=O)n(O)c1=O. The van der Waals surface area contributed by atoms with Gasteiger partial charge in [-0.05, 0) is 12.1 Å². The summed E-state index contributed by atoms with van der Waals surface area (Å²) >= 11 is 1.29. The molecule has 0 fully saturated rings. The Morgan fingerprint density at radius 2 is 1.82 bits per heavy atom. The van der Waals surface area contributed by atoms with E-state index in [1.807, 2.05) is 30.3 Å². The van der Waals surface area contributed by atoms with Crippen LogP contribution in [0.25, 0.3) is 0 Å². The number of hydrogen-bond acceptors (Lipinski definition) is 4. The summed E-state index contributed by atoms with van der Waals surface area (Å²) < 4.78 is 1.31. The molecule has 2 aromatic rings. The lowest BCUT2D eigenvalue weighted by molar-refractivity contribution is 0.153. The molecule has 6 heteroatoms. The Balaban J connectivity index is 2.48. The van der Waals surface area contributed by atoms with Crippen molar-refractivity contribution in [1.29, 1.82) is 0 Å². The summed E-state index contributed by atoms with van der Waals surface area (Å²) in [7, 11) is 1.50. The van der Waals surface area contributed by atoms with Gasteiger partial charge < -0.3 is 5.21 Å². The maximum Gasteiger partial charge on any atom is 0.365 e. The van der Waals surface area contributed by atoms with Crippen LogP contribution in [0.1, 0.15) is 0 Å². The van der Waals surface area contributed by atoms with E-state index in [1.165, 1.54) is 29.4 Å². The first kappa shape index (κ1) is 11.5. The first-order valence-corrected chi connectivity index (χ1v) is 5.66. The summed E-state index contributed by atoms with van der Waals surface area (Å²) in [6.07, 6.45) is 0. The van der Waals surface area contributed by atoms with Gasteiger partial charge in [-0.2, -0.15) is 0 Å². The van der Waals surface area contributed by atoms with E-state index >= 15 is 0 Å². The zero-order valence-corrected chi connectivity index (χ0v) is 9.85. The van der Waals surface area contributed by atoms with Gasteiger partial charge in [0.2, 0.25) is 0 Å². The largest absolute Gasteiger partial charge is 0.421 e. The van der Waals surface area contributed by atoms with Crippen LogP contribution >= 0.6 is 11.8 Å². The summed E-state index contributed by atoms with van der Waals surface area (Å²) in [5.41, 5.74) is -1.48. The molecule has 0 aliphatic carbocycles. The molecule has 0 radical (unpaired) electrons. The van der Waals surface area contributed by atoms with Gasteiger partial charge in [-0.25, -0.2) is 4.79 Å². The molecule has 2 rings (SSSR count). The van der Waals surface area contributed by atoms with Gasteiger partial charge in [0.25, 0.3) is 5.56 Å². The molecule has 1 aromatic carbocycles. The molecule has 0 aliphatic heterocycles. The molecule has 0 saturated carbocycles. The predicted octanol–water partition coefficient (Wildman–Crippen LogP) is 0.935. The Morgan fingerprint density at radius 3 is 2.47 bits per heavy atom. The van der Waals surface area contributed by atoms with Crippen LogP contribution in [0.15, 0.2) is 55.9 Å². The van der Waals surface area contributed by atoms with Crippen LogP contribution in [0.4, 0.5) is 0 Å². The van der Waals surface area contributed by atoms with Gasteiger partial charge >= 0.3 is 5.69 Å². The minimum atomic E-state index is -0.754. The minimum absolute atomic E-state index is 0.0923. The van der Waals surface area contributed by atoms with E-state index in [9.17, 15) is 9.59 Å². The Morgan fingerprint density at radius 1 is 1.18 bits per heavy atom. The Labute approximate surface area is 101 Å². The van der Waals surface area contributed by atoms with Crippen LogP contribution in [0, 0.1) is 0 Å². The number of rotatable bonds is 2. The van der Waals surface area contributed by atoms with Crippen molar-refractivity contribution in [2.75, 3.05) is 0 Å². The second kappa shape index (κ2) is 4.50. The fourth-order valence-electron chi connectivity index (χ4n) is 1.30. The first-order chi connectivity index (χ1) is 8.09. The summed E-state index contributed by atoms with van der Waals surface area (Å²) in [4.78, 5) is 23.7. The van der Waals surface area contributed by atoms with Crippen LogP contribution < -0.4 is 11.2 Å². The van der Waals surface area contributed by atoms with Crippen molar-refractivity contribution in [2.45, 2.75) is 9.92 Å². The smallest absolute Gasteiger partial charge is 0.365 e. The fraction of sp³-hybridized carbons (Fsp3) is 0.0909. The van der Waals surface area contributed by atoms with Crippen LogP contribution in [0.3, 0.4) is 0 Å². The van der Waals surface area contributed by atoms with Crippen molar-refractivity contribution < 1.29 is 5.21 Å². The lowest BCUT2D eigenvalue weighted by Gasteiger charge is -2.07. The molecule has 0 aliphatic rings. The minimum Gasteiger partial charge on any atom is -0.421 e. The molecule has 0 saturated heterocycles. The van der Waals surface area contributed by atoms with Crippen molar-refractivity contribution >= 4 is 11.8 Å². The zero-order valence-electron chi connectivity index (χ0n) is 9.03. The van der Waals surface area contributed by atoms with E-state index in [-0.39, 0.29) is 4.73 Å². The molecular weight excluding hydrogens is 240 g/mol. The van der Waals surface area contributed by atoms with Gasteiger partial charge in [-0.3, -0.25) is 9.36 Å². The van der Waals surface area contributed by atoms with E-state index in [1.54, 1.807) is 0 Å². The average Bonchev–Trinajstić information content (AvgIpc) is 2.35. The molecule has 0 bridgehead atoms. The number of nitrogens with zero attached hydrogens (tertiary/aromatic N) is 2. The summed E-state index contributed by atoms with van der Waals surface area (Å²) in [5, 5.41) is 9.62. The highest BCUT2D eigenvalue weighted by Crippen LogP contribution is 2.24. The Kier molecular flexibility index (Phi) is 3.06. The molecule has 0 amide bonds. The third-order valence-corrected chi connectivity index (χ3v) is 3.33. The molecule has 88 valence electrons. The topological polar surface area (TPSA) is 64.2 Å². The van der Waals surface area contributed by atoms with Crippen molar-refractivity contribution in [3.8, 4) is 0 Å². The van der Waals surface area contributed by atoms with E-state index in [0.717, 1.165) is 4.90 Å². The van der Waals surface area contributed by atoms with E-state index in [0.29, 0.717) is 5.03 Å². The quantitative estimate of drug-likeness (QED) is 0.636. The van der Waals surface area contributed by atoms with Gasteiger partial charge in [-0.1, -0.05) is 34.7 Å². The molecular formula is C11H10N2O3S. The standard InChI is InChI=1S/C11H10N2O3S/c1-12-10(7-9(14)13(16)11(12)15)17-8-5-3-2-4-6-8/h2-7,16H,1H3. The summed E-state index contributed by atoms with van der Waals surface area (Å²) in [6, 6.07) is 10.6. The second-order valence-corrected chi connectivity index (χ2v) is 4.48. The van der Waals surface area contributed by atoms with Gasteiger partial charge in [0, 0.05) is 18.0 Å². The third kappa shape index (κ3) is 2.26. The van der Waals surface area contributed by atoms with Crippen LogP contribution in [0.5, 0.6) is 0 Å². The van der Waals surface area contributed by atoms with E-state index < -0.39 is 11.2 Å². The summed E-state index contributed by atoms with van der Waals surface area (Å²) in [5.74, 6) is 0. The molecule has 0 unspecified atom stereocenters. The predicted molar refractivity (Wildman–Crippen MR) is 63.7 cm³/mol. The summed E-state index contributed by atoms with van der Waals surface area (Å²) in [6.45, 7) is 0. The van der Waals surface area contributed by atoms with Crippen molar-refractivity contribution in [2.24, 2.45) is 7.05 Å². The van der Waals surface area contributed by atoms with Gasteiger partial charge in [0.15, 0.2) is 0 Å². The second-order valence-electron chi connectivity index (χ2n) is 3.39. The molecule has 1 N–H and O–H groups in total. The molecule has 17 heavy (non-hydrogen) atoms. The first-order valence-electron chi connectivity index (χ1n) is 4.85. The Hall–Kier alpha value is -1.95. The monoisotopic (exact) mass is 250 g/mol. The third-order valence-electron chi connectivity index (χ3n) is 2.22. The lowest BCUT2D eigenvalue weighted by Crippen LogP contribution is -2.37. The van der Waals surface area contributed by atoms with Crippen molar-refractivity contribution in [3.63, 3.8) is 0 Å².